The molecule has 3 aromatic rings. The van der Waals surface area contributed by atoms with Crippen molar-refractivity contribution in [2.75, 3.05) is 22.9 Å². The second-order valence-corrected chi connectivity index (χ2v) is 9.99. The largest absolute Gasteiger partial charge is 0.346 e. The molecule has 2 aromatic carbocycles. The van der Waals surface area contributed by atoms with E-state index in [-0.39, 0.29) is 24.1 Å². The molecule has 0 bridgehead atoms. The molecule has 0 spiro atoms. The molecule has 0 aliphatic rings. The Labute approximate surface area is 197 Å². The van der Waals surface area contributed by atoms with Crippen molar-refractivity contribution in [2.24, 2.45) is 0 Å². The standard InChI is InChI=1S/C21H22BrN5O2S2/c1-12-4-6-16(9-13(12)2)24-20-26-27-21(31-20)30-11-19(29)23-10-18(28)25-17-7-5-15(22)8-14(17)3/h4-9H,10-11H2,1-3H3,(H,23,29)(H,24,26)(H,25,28). The van der Waals surface area contributed by atoms with Crippen molar-refractivity contribution in [3.63, 3.8) is 0 Å². The van der Waals surface area contributed by atoms with Crippen molar-refractivity contribution in [3.8, 4) is 0 Å². The van der Waals surface area contributed by atoms with Gasteiger partial charge in [-0.05, 0) is 67.8 Å². The van der Waals surface area contributed by atoms with Crippen LogP contribution in [0.25, 0.3) is 0 Å². The van der Waals surface area contributed by atoms with E-state index in [1.54, 1.807) is 0 Å². The number of nitrogens with zero attached hydrogens (tertiary/aromatic N) is 2. The number of anilines is 3. The summed E-state index contributed by atoms with van der Waals surface area (Å²) in [6, 6.07) is 11.7. The molecule has 0 aliphatic carbocycles. The zero-order chi connectivity index (χ0) is 22.4. The van der Waals surface area contributed by atoms with Gasteiger partial charge in [-0.15, -0.1) is 10.2 Å². The van der Waals surface area contributed by atoms with Crippen molar-refractivity contribution in [1.82, 2.24) is 15.5 Å². The molecule has 0 saturated carbocycles. The van der Waals surface area contributed by atoms with Gasteiger partial charge < -0.3 is 16.0 Å². The molecule has 2 amide bonds. The molecule has 162 valence electrons. The van der Waals surface area contributed by atoms with E-state index in [0.29, 0.717) is 9.47 Å². The van der Waals surface area contributed by atoms with E-state index in [1.807, 2.05) is 37.3 Å². The Kier molecular flexibility index (Phi) is 8.05. The van der Waals surface area contributed by atoms with E-state index in [4.69, 9.17) is 0 Å². The van der Waals surface area contributed by atoms with Crippen molar-refractivity contribution >= 4 is 67.3 Å². The topological polar surface area (TPSA) is 96.0 Å². The first kappa shape index (κ1) is 23.2. The third-order valence-electron chi connectivity index (χ3n) is 4.40. The number of hydrogen-bond acceptors (Lipinski definition) is 7. The van der Waals surface area contributed by atoms with Crippen molar-refractivity contribution < 1.29 is 9.59 Å². The number of benzene rings is 2. The van der Waals surface area contributed by atoms with Crippen LogP contribution in [0.15, 0.2) is 45.2 Å². The van der Waals surface area contributed by atoms with Crippen LogP contribution in [0.5, 0.6) is 0 Å². The number of aromatic nitrogens is 2. The fourth-order valence-electron chi connectivity index (χ4n) is 2.58. The summed E-state index contributed by atoms with van der Waals surface area (Å²) in [6.45, 7) is 5.93. The number of carbonyl (C=O) groups is 2. The van der Waals surface area contributed by atoms with Gasteiger partial charge in [-0.2, -0.15) is 0 Å². The average Bonchev–Trinajstić information content (AvgIpc) is 3.17. The Balaban J connectivity index is 1.42. The first-order chi connectivity index (χ1) is 14.8. The van der Waals surface area contributed by atoms with E-state index in [0.717, 1.165) is 21.4 Å². The number of rotatable bonds is 8. The van der Waals surface area contributed by atoms with Crippen LogP contribution in [0.2, 0.25) is 0 Å². The van der Waals surface area contributed by atoms with Crippen LogP contribution < -0.4 is 16.0 Å². The predicted molar refractivity (Wildman–Crippen MR) is 130 cm³/mol. The molecular formula is C21H22BrN5O2S2. The third kappa shape index (κ3) is 7.05. The van der Waals surface area contributed by atoms with E-state index < -0.39 is 0 Å². The molecule has 31 heavy (non-hydrogen) atoms. The second kappa shape index (κ2) is 10.7. The van der Waals surface area contributed by atoms with Gasteiger partial charge in [-0.1, -0.05) is 45.1 Å². The smallest absolute Gasteiger partial charge is 0.243 e. The minimum Gasteiger partial charge on any atom is -0.346 e. The molecule has 0 atom stereocenters. The summed E-state index contributed by atoms with van der Waals surface area (Å²) >= 11 is 6.04. The van der Waals surface area contributed by atoms with Gasteiger partial charge in [0.25, 0.3) is 0 Å². The highest BCUT2D eigenvalue weighted by atomic mass is 79.9. The fourth-order valence-corrected chi connectivity index (χ4v) is 4.66. The Bertz CT molecular complexity index is 1100. The van der Waals surface area contributed by atoms with E-state index in [9.17, 15) is 9.59 Å². The quantitative estimate of drug-likeness (QED) is 0.369. The van der Waals surface area contributed by atoms with E-state index in [1.165, 1.54) is 34.2 Å². The van der Waals surface area contributed by atoms with Gasteiger partial charge in [0.1, 0.15) is 0 Å². The van der Waals surface area contributed by atoms with Crippen LogP contribution in [-0.2, 0) is 9.59 Å². The fraction of sp³-hybridized carbons (Fsp3) is 0.238. The summed E-state index contributed by atoms with van der Waals surface area (Å²) in [4.78, 5) is 24.2. The zero-order valence-corrected chi connectivity index (χ0v) is 20.5. The monoisotopic (exact) mass is 519 g/mol. The lowest BCUT2D eigenvalue weighted by Gasteiger charge is -2.09. The minimum atomic E-state index is -0.278. The van der Waals surface area contributed by atoms with Crippen LogP contribution in [-0.4, -0.2) is 34.3 Å². The molecule has 3 rings (SSSR count). The maximum Gasteiger partial charge on any atom is 0.243 e. The highest BCUT2D eigenvalue weighted by Gasteiger charge is 2.11. The first-order valence-electron chi connectivity index (χ1n) is 9.43. The van der Waals surface area contributed by atoms with Gasteiger partial charge in [0.05, 0.1) is 12.3 Å². The van der Waals surface area contributed by atoms with Crippen molar-refractivity contribution in [1.29, 1.82) is 0 Å². The molecule has 0 unspecified atom stereocenters. The summed E-state index contributed by atoms with van der Waals surface area (Å²) in [6.07, 6.45) is 0. The number of halogens is 1. The van der Waals surface area contributed by atoms with Crippen LogP contribution in [0, 0.1) is 20.8 Å². The van der Waals surface area contributed by atoms with E-state index in [2.05, 4.69) is 62.0 Å². The third-order valence-corrected chi connectivity index (χ3v) is 6.87. The number of carbonyl (C=O) groups excluding carboxylic acids is 2. The molecule has 3 N–H and O–H groups in total. The highest BCUT2D eigenvalue weighted by molar-refractivity contribution is 9.10. The molecule has 0 radical (unpaired) electrons. The molecule has 0 fully saturated rings. The van der Waals surface area contributed by atoms with E-state index >= 15 is 0 Å². The minimum absolute atomic E-state index is 0.0927. The Morgan fingerprint density at radius 2 is 1.81 bits per heavy atom. The summed E-state index contributed by atoms with van der Waals surface area (Å²) in [5, 5.41) is 17.5. The van der Waals surface area contributed by atoms with Crippen LogP contribution >= 0.6 is 39.0 Å². The Hall–Kier alpha value is -2.43. The van der Waals surface area contributed by atoms with Gasteiger partial charge >= 0.3 is 0 Å². The lowest BCUT2D eigenvalue weighted by Crippen LogP contribution is -2.34. The second-order valence-electron chi connectivity index (χ2n) is 6.87. The molecule has 7 nitrogen and oxygen atoms in total. The Morgan fingerprint density at radius 3 is 2.55 bits per heavy atom. The number of nitrogens with one attached hydrogen (secondary N) is 3. The number of thioether (sulfide) groups is 1. The zero-order valence-electron chi connectivity index (χ0n) is 17.3. The number of aryl methyl sites for hydroxylation is 3. The van der Waals surface area contributed by atoms with Crippen LogP contribution in [0.3, 0.4) is 0 Å². The highest BCUT2D eigenvalue weighted by Crippen LogP contribution is 2.28. The van der Waals surface area contributed by atoms with Gasteiger partial charge in [0, 0.05) is 15.8 Å². The SMILES string of the molecule is Cc1ccc(Nc2nnc(SCC(=O)NCC(=O)Nc3ccc(Br)cc3C)s2)cc1C. The lowest BCUT2D eigenvalue weighted by atomic mass is 10.1. The molecule has 10 heteroatoms. The predicted octanol–water partition coefficient (Wildman–Crippen LogP) is 4.82. The van der Waals surface area contributed by atoms with Gasteiger partial charge in [0.15, 0.2) is 4.34 Å². The van der Waals surface area contributed by atoms with Gasteiger partial charge in [-0.25, -0.2) is 0 Å². The maximum atomic E-state index is 12.1. The lowest BCUT2D eigenvalue weighted by molar-refractivity contribution is -0.122. The van der Waals surface area contributed by atoms with Gasteiger partial charge in [-0.3, -0.25) is 9.59 Å². The summed E-state index contributed by atoms with van der Waals surface area (Å²) in [5.41, 5.74) is 5.02. The molecule has 0 saturated heterocycles. The summed E-state index contributed by atoms with van der Waals surface area (Å²) in [7, 11) is 0. The summed E-state index contributed by atoms with van der Waals surface area (Å²) in [5.74, 6) is -0.366. The first-order valence-corrected chi connectivity index (χ1v) is 12.0. The molecule has 1 heterocycles. The van der Waals surface area contributed by atoms with Crippen molar-refractivity contribution in [2.45, 2.75) is 25.1 Å². The number of hydrogen-bond donors (Lipinski definition) is 3. The maximum absolute atomic E-state index is 12.1. The van der Waals surface area contributed by atoms with Crippen molar-refractivity contribution in [3.05, 3.63) is 57.6 Å². The normalized spacial score (nSPS) is 10.6. The van der Waals surface area contributed by atoms with Gasteiger partial charge in [0.2, 0.25) is 16.9 Å². The molecule has 0 aliphatic heterocycles. The summed E-state index contributed by atoms with van der Waals surface area (Å²) < 4.78 is 1.62. The molecular weight excluding hydrogens is 498 g/mol. The average molecular weight is 520 g/mol. The van der Waals surface area contributed by atoms with Crippen LogP contribution in [0.1, 0.15) is 16.7 Å². The van der Waals surface area contributed by atoms with Crippen LogP contribution in [0.4, 0.5) is 16.5 Å². The molecule has 1 aromatic heterocycles. The number of amides is 2. The Morgan fingerprint density at radius 1 is 1.00 bits per heavy atom.